The Morgan fingerprint density at radius 2 is 1.94 bits per heavy atom. The van der Waals surface area contributed by atoms with E-state index in [9.17, 15) is 26.4 Å². The maximum Gasteiger partial charge on any atom is 0.416 e. The van der Waals surface area contributed by atoms with Crippen LogP contribution in [0.4, 0.5) is 13.2 Å². The lowest BCUT2D eigenvalue weighted by Crippen LogP contribution is -2.42. The van der Waals surface area contributed by atoms with E-state index in [-0.39, 0.29) is 34.4 Å². The first-order valence-corrected chi connectivity index (χ1v) is 11.6. The summed E-state index contributed by atoms with van der Waals surface area (Å²) in [4.78, 5) is 12.5. The van der Waals surface area contributed by atoms with E-state index < -0.39 is 27.7 Å². The van der Waals surface area contributed by atoms with Crippen LogP contribution < -0.4 is 10.1 Å². The first-order valence-electron chi connectivity index (χ1n) is 10.2. The quantitative estimate of drug-likeness (QED) is 0.687. The number of ether oxygens (including phenoxy) is 1. The fourth-order valence-corrected chi connectivity index (χ4v) is 5.60. The number of benzene rings is 2. The van der Waals surface area contributed by atoms with Gasteiger partial charge in [-0.3, -0.25) is 4.79 Å². The Morgan fingerprint density at radius 3 is 2.59 bits per heavy atom. The molecule has 0 radical (unpaired) electrons. The van der Waals surface area contributed by atoms with Gasteiger partial charge in [0.2, 0.25) is 10.0 Å². The normalized spacial score (nSPS) is 17.7. The molecule has 1 heterocycles. The summed E-state index contributed by atoms with van der Waals surface area (Å²) in [5, 5.41) is 2.54. The lowest BCUT2D eigenvalue weighted by Gasteiger charge is -2.32. The average molecular weight is 471 g/mol. The Hall–Kier alpha value is -2.59. The molecule has 174 valence electrons. The Bertz CT molecular complexity index is 1090. The molecule has 0 saturated carbocycles. The molecule has 1 amide bonds. The van der Waals surface area contributed by atoms with Crippen molar-refractivity contribution in [2.45, 2.75) is 49.8 Å². The minimum Gasteiger partial charge on any atom is -0.495 e. The molecule has 1 aliphatic heterocycles. The van der Waals surface area contributed by atoms with Crippen LogP contribution in [0, 0.1) is 0 Å². The zero-order chi connectivity index (χ0) is 23.5. The molecule has 1 aliphatic rings. The maximum absolute atomic E-state index is 13.3. The van der Waals surface area contributed by atoms with Gasteiger partial charge in [-0.2, -0.15) is 17.5 Å². The molecular weight excluding hydrogens is 445 g/mol. The highest BCUT2D eigenvalue weighted by atomic mass is 32.2. The zero-order valence-corrected chi connectivity index (χ0v) is 18.6. The van der Waals surface area contributed by atoms with Gasteiger partial charge >= 0.3 is 6.18 Å². The van der Waals surface area contributed by atoms with Crippen LogP contribution in [0.5, 0.6) is 5.75 Å². The van der Waals surface area contributed by atoms with E-state index in [1.807, 2.05) is 6.92 Å². The number of carbonyl (C=O) groups is 1. The van der Waals surface area contributed by atoms with Crippen LogP contribution in [0.1, 0.15) is 47.7 Å². The topological polar surface area (TPSA) is 75.7 Å². The lowest BCUT2D eigenvalue weighted by molar-refractivity contribution is -0.137. The average Bonchev–Trinajstić information content (AvgIpc) is 2.76. The Kier molecular flexibility index (Phi) is 7.14. The van der Waals surface area contributed by atoms with E-state index in [1.165, 1.54) is 41.7 Å². The van der Waals surface area contributed by atoms with Crippen LogP contribution in [0.15, 0.2) is 47.4 Å². The van der Waals surface area contributed by atoms with E-state index in [2.05, 4.69) is 5.32 Å². The summed E-state index contributed by atoms with van der Waals surface area (Å²) in [5.41, 5.74) is -0.463. The standard InChI is InChI=1S/C22H25F3N2O4S/c1-15-6-3-4-11-27(15)32(29,30)20-13-17(9-10-19(20)31-2)21(28)26-14-16-7-5-8-18(12-16)22(23,24)25/h5,7-10,12-13,15H,3-4,6,11,14H2,1-2H3,(H,26,28). The second-order valence-electron chi connectivity index (χ2n) is 7.71. The number of nitrogens with one attached hydrogen (secondary N) is 1. The van der Waals surface area contributed by atoms with Gasteiger partial charge in [-0.15, -0.1) is 0 Å². The lowest BCUT2D eigenvalue weighted by atomic mass is 10.1. The number of methoxy groups -OCH3 is 1. The van der Waals surface area contributed by atoms with Crippen molar-refractivity contribution in [1.82, 2.24) is 9.62 Å². The fourth-order valence-electron chi connectivity index (χ4n) is 3.72. The third kappa shape index (κ3) is 5.24. The third-order valence-electron chi connectivity index (χ3n) is 5.46. The number of alkyl halides is 3. The van der Waals surface area contributed by atoms with E-state index in [0.29, 0.717) is 6.54 Å². The van der Waals surface area contributed by atoms with Gasteiger partial charge in [0.25, 0.3) is 5.91 Å². The monoisotopic (exact) mass is 470 g/mol. The third-order valence-corrected chi connectivity index (χ3v) is 7.50. The van der Waals surface area contributed by atoms with Crippen LogP contribution in [0.2, 0.25) is 0 Å². The second-order valence-corrected chi connectivity index (χ2v) is 9.57. The van der Waals surface area contributed by atoms with Crippen molar-refractivity contribution in [2.24, 2.45) is 0 Å². The molecule has 2 aromatic carbocycles. The smallest absolute Gasteiger partial charge is 0.416 e. The maximum atomic E-state index is 13.3. The predicted octanol–water partition coefficient (Wildman–Crippen LogP) is 4.21. The first kappa shape index (κ1) is 24.1. The number of carbonyl (C=O) groups excluding carboxylic acids is 1. The number of amides is 1. The van der Waals surface area contributed by atoms with Gasteiger partial charge in [-0.1, -0.05) is 18.6 Å². The number of halogens is 3. The number of hydrogen-bond acceptors (Lipinski definition) is 4. The summed E-state index contributed by atoms with van der Waals surface area (Å²) in [6.07, 6.45) is -2.03. The number of sulfonamides is 1. The highest BCUT2D eigenvalue weighted by Gasteiger charge is 2.34. The summed E-state index contributed by atoms with van der Waals surface area (Å²) in [7, 11) is -2.55. The van der Waals surface area contributed by atoms with E-state index in [0.717, 1.165) is 31.4 Å². The summed E-state index contributed by atoms with van der Waals surface area (Å²) in [6.45, 7) is 2.09. The van der Waals surface area contributed by atoms with Crippen LogP contribution in [-0.4, -0.2) is 38.3 Å². The van der Waals surface area contributed by atoms with Crippen molar-refractivity contribution >= 4 is 15.9 Å². The second kappa shape index (κ2) is 9.50. The molecule has 0 aliphatic carbocycles. The van der Waals surface area contributed by atoms with Crippen molar-refractivity contribution < 1.29 is 31.1 Å². The number of hydrogen-bond donors (Lipinski definition) is 1. The van der Waals surface area contributed by atoms with Crippen molar-refractivity contribution in [1.29, 1.82) is 0 Å². The Balaban J connectivity index is 1.82. The SMILES string of the molecule is COc1ccc(C(=O)NCc2cccc(C(F)(F)F)c2)cc1S(=O)(=O)N1CCCCC1C. The van der Waals surface area contributed by atoms with E-state index in [4.69, 9.17) is 4.74 Å². The molecule has 6 nitrogen and oxygen atoms in total. The van der Waals surface area contributed by atoms with Gasteiger partial charge in [0.1, 0.15) is 10.6 Å². The van der Waals surface area contributed by atoms with E-state index in [1.54, 1.807) is 0 Å². The molecule has 10 heteroatoms. The van der Waals surface area contributed by atoms with Crippen LogP contribution in [-0.2, 0) is 22.7 Å². The van der Waals surface area contributed by atoms with Gasteiger partial charge in [0.15, 0.2) is 0 Å². The Morgan fingerprint density at radius 1 is 1.19 bits per heavy atom. The minimum atomic E-state index is -4.48. The van der Waals surface area contributed by atoms with Crippen LogP contribution >= 0.6 is 0 Å². The molecule has 1 fully saturated rings. The molecular formula is C22H25F3N2O4S. The van der Waals surface area contributed by atoms with Crippen molar-refractivity contribution in [3.63, 3.8) is 0 Å². The predicted molar refractivity (Wildman–Crippen MR) is 113 cm³/mol. The molecule has 2 aromatic rings. The summed E-state index contributed by atoms with van der Waals surface area (Å²) in [5.74, 6) is -0.481. The molecule has 0 spiro atoms. The fraction of sp³-hybridized carbons (Fsp3) is 0.409. The molecule has 0 bridgehead atoms. The largest absolute Gasteiger partial charge is 0.495 e. The summed E-state index contributed by atoms with van der Waals surface area (Å²) < 4.78 is 71.8. The molecule has 3 rings (SSSR count). The van der Waals surface area contributed by atoms with Crippen LogP contribution in [0.3, 0.4) is 0 Å². The van der Waals surface area contributed by atoms with Gasteiger partial charge in [-0.05, 0) is 55.7 Å². The Labute approximate surface area is 185 Å². The van der Waals surface area contributed by atoms with E-state index >= 15 is 0 Å². The van der Waals surface area contributed by atoms with Gasteiger partial charge in [0.05, 0.1) is 12.7 Å². The molecule has 1 atom stereocenters. The minimum absolute atomic E-state index is 0.0704. The summed E-state index contributed by atoms with van der Waals surface area (Å²) in [6, 6.07) is 8.54. The highest BCUT2D eigenvalue weighted by Crippen LogP contribution is 2.32. The molecule has 1 saturated heterocycles. The van der Waals surface area contributed by atoms with Crippen molar-refractivity contribution in [3.05, 3.63) is 59.2 Å². The first-order chi connectivity index (χ1) is 15.0. The summed E-state index contributed by atoms with van der Waals surface area (Å²) >= 11 is 0. The van der Waals surface area contributed by atoms with Gasteiger partial charge in [0, 0.05) is 24.7 Å². The van der Waals surface area contributed by atoms with Crippen molar-refractivity contribution in [3.8, 4) is 5.75 Å². The number of piperidine rings is 1. The zero-order valence-electron chi connectivity index (χ0n) is 17.8. The molecule has 1 unspecified atom stereocenters. The van der Waals surface area contributed by atoms with Crippen LogP contribution in [0.25, 0.3) is 0 Å². The van der Waals surface area contributed by atoms with Crippen molar-refractivity contribution in [2.75, 3.05) is 13.7 Å². The number of rotatable bonds is 6. The molecule has 0 aromatic heterocycles. The van der Waals surface area contributed by atoms with Gasteiger partial charge in [-0.25, -0.2) is 8.42 Å². The highest BCUT2D eigenvalue weighted by molar-refractivity contribution is 7.89. The number of nitrogens with zero attached hydrogens (tertiary/aromatic N) is 1. The molecule has 1 N–H and O–H groups in total. The molecule has 32 heavy (non-hydrogen) atoms. The van der Waals surface area contributed by atoms with Gasteiger partial charge < -0.3 is 10.1 Å².